The van der Waals surface area contributed by atoms with Crippen molar-refractivity contribution < 1.29 is 0 Å². The minimum absolute atomic E-state index is 0.330. The van der Waals surface area contributed by atoms with Gasteiger partial charge < -0.3 is 0 Å². The van der Waals surface area contributed by atoms with Gasteiger partial charge in [-0.05, 0) is 42.0 Å². The van der Waals surface area contributed by atoms with E-state index in [0.29, 0.717) is 5.41 Å². The average Bonchev–Trinajstić information content (AvgIpc) is 1.78. The number of hydrogen-bond acceptors (Lipinski definition) is 0. The second-order valence-electron chi connectivity index (χ2n) is 4.87. The zero-order valence-corrected chi connectivity index (χ0v) is 9.57. The molecular formula is C12H17Cl. The molecule has 0 fully saturated rings. The van der Waals surface area contributed by atoms with E-state index in [-0.39, 0.29) is 0 Å². The van der Waals surface area contributed by atoms with Crippen molar-refractivity contribution >= 4 is 11.6 Å². The van der Waals surface area contributed by atoms with Crippen LogP contribution in [0.3, 0.4) is 0 Å². The summed E-state index contributed by atoms with van der Waals surface area (Å²) in [6, 6.07) is 6.25. The number of aryl methyl sites for hydroxylation is 1. The van der Waals surface area contributed by atoms with Gasteiger partial charge in [-0.15, -0.1) is 0 Å². The number of benzene rings is 1. The van der Waals surface area contributed by atoms with Crippen LogP contribution in [-0.2, 0) is 6.42 Å². The van der Waals surface area contributed by atoms with Crippen molar-refractivity contribution in [2.24, 2.45) is 5.41 Å². The molecule has 0 heterocycles. The van der Waals surface area contributed by atoms with E-state index >= 15 is 0 Å². The molecule has 0 aliphatic carbocycles. The Hall–Kier alpha value is -0.490. The molecule has 0 N–H and O–H groups in total. The van der Waals surface area contributed by atoms with Gasteiger partial charge >= 0.3 is 0 Å². The summed E-state index contributed by atoms with van der Waals surface area (Å²) >= 11 is 5.98. The molecule has 13 heavy (non-hydrogen) atoms. The molecule has 72 valence electrons. The maximum atomic E-state index is 5.98. The lowest BCUT2D eigenvalue weighted by atomic mass is 9.88. The van der Waals surface area contributed by atoms with E-state index in [4.69, 9.17) is 11.6 Å². The summed E-state index contributed by atoms with van der Waals surface area (Å²) in [4.78, 5) is 0. The zero-order valence-electron chi connectivity index (χ0n) is 8.82. The van der Waals surface area contributed by atoms with Crippen LogP contribution in [0, 0.1) is 12.3 Å². The maximum Gasteiger partial charge on any atom is 0.0411 e. The number of rotatable bonds is 1. The fourth-order valence-electron chi connectivity index (χ4n) is 1.53. The Morgan fingerprint density at radius 1 is 1.15 bits per heavy atom. The summed E-state index contributed by atoms with van der Waals surface area (Å²) in [6.45, 7) is 8.80. The van der Waals surface area contributed by atoms with Crippen LogP contribution in [0.2, 0.25) is 5.02 Å². The van der Waals surface area contributed by atoms with Crippen LogP contribution in [0.15, 0.2) is 18.2 Å². The number of halogens is 1. The maximum absolute atomic E-state index is 5.98. The van der Waals surface area contributed by atoms with Crippen LogP contribution in [-0.4, -0.2) is 0 Å². The minimum Gasteiger partial charge on any atom is -0.0843 e. The number of hydrogen-bond donors (Lipinski definition) is 0. The molecule has 0 aliphatic rings. The monoisotopic (exact) mass is 196 g/mol. The van der Waals surface area contributed by atoms with Crippen LogP contribution < -0.4 is 0 Å². The summed E-state index contributed by atoms with van der Waals surface area (Å²) in [6.07, 6.45) is 1.08. The predicted molar refractivity (Wildman–Crippen MR) is 59.3 cm³/mol. The standard InChI is InChI=1S/C12H17Cl/c1-9-5-10(7-11(13)6-9)8-12(2,3)4/h5-7H,8H2,1-4H3. The summed E-state index contributed by atoms with van der Waals surface area (Å²) in [7, 11) is 0. The first-order valence-electron chi connectivity index (χ1n) is 4.63. The Bertz CT molecular complexity index is 274. The molecule has 0 saturated heterocycles. The van der Waals surface area contributed by atoms with Gasteiger partial charge in [0.05, 0.1) is 0 Å². The molecule has 1 rings (SSSR count). The van der Waals surface area contributed by atoms with Gasteiger partial charge in [-0.2, -0.15) is 0 Å². The molecule has 0 spiro atoms. The lowest BCUT2D eigenvalue weighted by Crippen LogP contribution is -2.09. The lowest BCUT2D eigenvalue weighted by Gasteiger charge is -2.18. The molecular weight excluding hydrogens is 180 g/mol. The fraction of sp³-hybridized carbons (Fsp3) is 0.500. The first kappa shape index (κ1) is 10.6. The highest BCUT2D eigenvalue weighted by molar-refractivity contribution is 6.30. The third-order valence-corrected chi connectivity index (χ3v) is 2.05. The molecule has 0 radical (unpaired) electrons. The molecule has 0 bridgehead atoms. The third kappa shape index (κ3) is 3.82. The van der Waals surface area contributed by atoms with Crippen LogP contribution in [0.5, 0.6) is 0 Å². The van der Waals surface area contributed by atoms with Gasteiger partial charge in [0.1, 0.15) is 0 Å². The van der Waals surface area contributed by atoms with Gasteiger partial charge in [0.15, 0.2) is 0 Å². The molecule has 0 nitrogen and oxygen atoms in total. The van der Waals surface area contributed by atoms with Gasteiger partial charge in [0, 0.05) is 5.02 Å². The van der Waals surface area contributed by atoms with Crippen molar-refractivity contribution in [3.8, 4) is 0 Å². The van der Waals surface area contributed by atoms with Crippen LogP contribution in [0.4, 0.5) is 0 Å². The topological polar surface area (TPSA) is 0 Å². The van der Waals surface area contributed by atoms with E-state index in [9.17, 15) is 0 Å². The average molecular weight is 197 g/mol. The predicted octanol–water partition coefficient (Wildman–Crippen LogP) is 4.24. The van der Waals surface area contributed by atoms with Crippen molar-refractivity contribution in [3.05, 3.63) is 34.3 Å². The van der Waals surface area contributed by atoms with Crippen molar-refractivity contribution in [1.29, 1.82) is 0 Å². The van der Waals surface area contributed by atoms with Crippen LogP contribution in [0.25, 0.3) is 0 Å². The van der Waals surface area contributed by atoms with E-state index in [1.807, 2.05) is 6.07 Å². The van der Waals surface area contributed by atoms with Gasteiger partial charge in [0.2, 0.25) is 0 Å². The van der Waals surface area contributed by atoms with E-state index in [0.717, 1.165) is 11.4 Å². The molecule has 0 atom stereocenters. The summed E-state index contributed by atoms with van der Waals surface area (Å²) in [5.41, 5.74) is 2.90. The Morgan fingerprint density at radius 2 is 1.77 bits per heavy atom. The van der Waals surface area contributed by atoms with E-state index in [1.165, 1.54) is 11.1 Å². The summed E-state index contributed by atoms with van der Waals surface area (Å²) < 4.78 is 0. The van der Waals surface area contributed by atoms with E-state index in [1.54, 1.807) is 0 Å². The minimum atomic E-state index is 0.330. The molecule has 0 saturated carbocycles. The SMILES string of the molecule is Cc1cc(Cl)cc(CC(C)(C)C)c1. The molecule has 0 unspecified atom stereocenters. The molecule has 0 aromatic heterocycles. The quantitative estimate of drug-likeness (QED) is 0.631. The molecule has 0 aliphatic heterocycles. The summed E-state index contributed by atoms with van der Waals surface area (Å²) in [5, 5.41) is 0.847. The van der Waals surface area contributed by atoms with Gasteiger partial charge in [-0.3, -0.25) is 0 Å². The Morgan fingerprint density at radius 3 is 2.23 bits per heavy atom. The Labute approximate surface area is 85.9 Å². The largest absolute Gasteiger partial charge is 0.0843 e. The second kappa shape index (κ2) is 3.71. The van der Waals surface area contributed by atoms with Crippen LogP contribution >= 0.6 is 11.6 Å². The highest BCUT2D eigenvalue weighted by Gasteiger charge is 2.11. The first-order chi connectivity index (χ1) is 5.87. The molecule has 1 heteroatoms. The van der Waals surface area contributed by atoms with Crippen molar-refractivity contribution in [2.75, 3.05) is 0 Å². The lowest BCUT2D eigenvalue weighted by molar-refractivity contribution is 0.411. The second-order valence-corrected chi connectivity index (χ2v) is 5.31. The van der Waals surface area contributed by atoms with Crippen LogP contribution in [0.1, 0.15) is 31.9 Å². The smallest absolute Gasteiger partial charge is 0.0411 e. The molecule has 1 aromatic rings. The highest BCUT2D eigenvalue weighted by atomic mass is 35.5. The first-order valence-corrected chi connectivity index (χ1v) is 5.01. The van der Waals surface area contributed by atoms with Crippen molar-refractivity contribution in [2.45, 2.75) is 34.1 Å². The molecule has 0 amide bonds. The summed E-state index contributed by atoms with van der Waals surface area (Å²) in [5.74, 6) is 0. The Balaban J connectivity index is 2.90. The highest BCUT2D eigenvalue weighted by Crippen LogP contribution is 2.23. The molecule has 1 aromatic carbocycles. The fourth-order valence-corrected chi connectivity index (χ4v) is 1.84. The van der Waals surface area contributed by atoms with Crippen molar-refractivity contribution in [3.63, 3.8) is 0 Å². The zero-order chi connectivity index (χ0) is 10.1. The van der Waals surface area contributed by atoms with Gasteiger partial charge in [0.25, 0.3) is 0 Å². The van der Waals surface area contributed by atoms with Crippen molar-refractivity contribution in [1.82, 2.24) is 0 Å². The normalized spacial score (nSPS) is 11.8. The third-order valence-electron chi connectivity index (χ3n) is 1.84. The van der Waals surface area contributed by atoms with Gasteiger partial charge in [-0.1, -0.05) is 38.4 Å². The Kier molecular flexibility index (Phi) is 3.02. The van der Waals surface area contributed by atoms with Gasteiger partial charge in [-0.25, -0.2) is 0 Å². The van der Waals surface area contributed by atoms with E-state index < -0.39 is 0 Å². The van der Waals surface area contributed by atoms with E-state index in [2.05, 4.69) is 39.8 Å².